The van der Waals surface area contributed by atoms with Crippen LogP contribution < -0.4 is 5.32 Å². The van der Waals surface area contributed by atoms with Gasteiger partial charge in [0.05, 0.1) is 5.01 Å². The van der Waals surface area contributed by atoms with Crippen molar-refractivity contribution in [3.63, 3.8) is 0 Å². The fraction of sp³-hybridized carbons (Fsp3) is 0.357. The van der Waals surface area contributed by atoms with Crippen LogP contribution >= 0.6 is 23.7 Å². The molecule has 2 nitrogen and oxygen atoms in total. The van der Waals surface area contributed by atoms with Crippen LogP contribution in [0.3, 0.4) is 0 Å². The molecule has 2 aromatic rings. The monoisotopic (exact) mass is 280 g/mol. The summed E-state index contributed by atoms with van der Waals surface area (Å²) in [7, 11) is 0. The van der Waals surface area contributed by atoms with Crippen LogP contribution in [0.2, 0.25) is 0 Å². The summed E-state index contributed by atoms with van der Waals surface area (Å²) in [6.45, 7) is 4.40. The van der Waals surface area contributed by atoms with Crippen molar-refractivity contribution < 1.29 is 0 Å². The Bertz CT molecular complexity index is 548. The molecule has 1 aromatic carbocycles. The lowest BCUT2D eigenvalue weighted by Crippen LogP contribution is -1.94. The lowest BCUT2D eigenvalue weighted by atomic mass is 10.1. The quantitative estimate of drug-likeness (QED) is 0.830. The first-order valence-electron chi connectivity index (χ1n) is 6.08. The van der Waals surface area contributed by atoms with Gasteiger partial charge in [0.15, 0.2) is 0 Å². The number of fused-ring (bicyclic) bond motifs is 2. The molecule has 0 atom stereocenters. The normalized spacial score (nSPS) is 13.1. The van der Waals surface area contributed by atoms with Crippen LogP contribution in [0.5, 0.6) is 0 Å². The first-order chi connectivity index (χ1) is 8.24. The SMILES string of the molecule is CC(C)c1nc2c(s1)CCc1ccccc1N2.Cl. The molecule has 0 spiro atoms. The van der Waals surface area contributed by atoms with Gasteiger partial charge in [0.2, 0.25) is 0 Å². The third-order valence-electron chi connectivity index (χ3n) is 3.10. The number of para-hydroxylation sites is 1. The van der Waals surface area contributed by atoms with E-state index < -0.39 is 0 Å². The number of aryl methyl sites for hydroxylation is 2. The number of benzene rings is 1. The molecule has 0 unspecified atom stereocenters. The van der Waals surface area contributed by atoms with Gasteiger partial charge in [-0.2, -0.15) is 0 Å². The second kappa shape index (κ2) is 5.29. The number of nitrogens with one attached hydrogen (secondary N) is 1. The molecular weight excluding hydrogens is 264 g/mol. The van der Waals surface area contributed by atoms with Crippen molar-refractivity contribution in [2.45, 2.75) is 32.6 Å². The van der Waals surface area contributed by atoms with E-state index >= 15 is 0 Å². The summed E-state index contributed by atoms with van der Waals surface area (Å²) in [5.41, 5.74) is 2.61. The molecule has 3 rings (SSSR count). The average molecular weight is 281 g/mol. The van der Waals surface area contributed by atoms with Crippen molar-refractivity contribution in [3.8, 4) is 0 Å². The highest BCUT2D eigenvalue weighted by atomic mass is 35.5. The van der Waals surface area contributed by atoms with E-state index in [1.807, 2.05) is 11.3 Å². The predicted octanol–water partition coefficient (Wildman–Crippen LogP) is 4.53. The Labute approximate surface area is 118 Å². The molecule has 0 radical (unpaired) electrons. The Morgan fingerprint density at radius 2 is 2.00 bits per heavy atom. The van der Waals surface area contributed by atoms with Crippen LogP contribution in [0.4, 0.5) is 11.5 Å². The third-order valence-corrected chi connectivity index (χ3v) is 4.52. The van der Waals surface area contributed by atoms with Crippen LogP contribution in [0, 0.1) is 0 Å². The molecule has 1 N–H and O–H groups in total. The Kier molecular flexibility index (Phi) is 3.93. The molecule has 1 aliphatic rings. The number of nitrogens with zero attached hydrogens (tertiary/aromatic N) is 1. The first kappa shape index (κ1) is 13.4. The van der Waals surface area contributed by atoms with Gasteiger partial charge in [0, 0.05) is 16.5 Å². The fourth-order valence-corrected chi connectivity index (χ4v) is 3.14. The first-order valence-corrected chi connectivity index (χ1v) is 6.90. The minimum atomic E-state index is 0. The second-order valence-corrected chi connectivity index (χ2v) is 5.88. The van der Waals surface area contributed by atoms with E-state index in [-0.39, 0.29) is 12.4 Å². The van der Waals surface area contributed by atoms with E-state index in [4.69, 9.17) is 4.98 Å². The molecule has 2 heterocycles. The largest absolute Gasteiger partial charge is 0.339 e. The smallest absolute Gasteiger partial charge is 0.144 e. The minimum absolute atomic E-state index is 0. The molecule has 0 aliphatic carbocycles. The maximum Gasteiger partial charge on any atom is 0.144 e. The Hall–Kier alpha value is -1.06. The van der Waals surface area contributed by atoms with Crippen molar-refractivity contribution in [2.24, 2.45) is 0 Å². The number of hydrogen-bond donors (Lipinski definition) is 1. The summed E-state index contributed by atoms with van der Waals surface area (Å²) >= 11 is 1.85. The summed E-state index contributed by atoms with van der Waals surface area (Å²) in [5.74, 6) is 1.59. The summed E-state index contributed by atoms with van der Waals surface area (Å²) in [6.07, 6.45) is 2.21. The van der Waals surface area contributed by atoms with E-state index in [1.54, 1.807) is 0 Å². The van der Waals surface area contributed by atoms with Crippen LogP contribution in [0.1, 0.15) is 35.2 Å². The summed E-state index contributed by atoms with van der Waals surface area (Å²) in [5, 5.41) is 4.72. The standard InChI is InChI=1S/C14H16N2S.ClH/c1-9(2)14-16-13-12(17-14)8-7-10-5-3-4-6-11(10)15-13;/h3-6,9,15H,7-8H2,1-2H3;1H. The van der Waals surface area contributed by atoms with Crippen LogP contribution in [-0.4, -0.2) is 4.98 Å². The summed E-state index contributed by atoms with van der Waals surface area (Å²) in [6, 6.07) is 8.51. The molecule has 4 heteroatoms. The van der Waals surface area contributed by atoms with Gasteiger partial charge >= 0.3 is 0 Å². The lowest BCUT2D eigenvalue weighted by molar-refractivity contribution is 0.853. The van der Waals surface area contributed by atoms with E-state index in [0.29, 0.717) is 5.92 Å². The van der Waals surface area contributed by atoms with Gasteiger partial charge in [-0.15, -0.1) is 23.7 Å². The molecule has 18 heavy (non-hydrogen) atoms. The second-order valence-electron chi connectivity index (χ2n) is 4.76. The zero-order chi connectivity index (χ0) is 11.8. The van der Waals surface area contributed by atoms with Gasteiger partial charge in [-0.3, -0.25) is 0 Å². The van der Waals surface area contributed by atoms with Crippen LogP contribution in [-0.2, 0) is 12.8 Å². The van der Waals surface area contributed by atoms with Gasteiger partial charge < -0.3 is 5.32 Å². The number of anilines is 2. The van der Waals surface area contributed by atoms with Gasteiger partial charge in [-0.05, 0) is 24.5 Å². The van der Waals surface area contributed by atoms with Crippen molar-refractivity contribution in [2.75, 3.05) is 5.32 Å². The Balaban J connectivity index is 0.00000120. The molecule has 0 saturated heterocycles. The number of halogens is 1. The maximum atomic E-state index is 4.72. The molecule has 1 aliphatic heterocycles. The Morgan fingerprint density at radius 1 is 1.22 bits per heavy atom. The summed E-state index contributed by atoms with van der Waals surface area (Å²) < 4.78 is 0. The van der Waals surface area contributed by atoms with Crippen molar-refractivity contribution in [1.82, 2.24) is 4.98 Å². The van der Waals surface area contributed by atoms with Crippen molar-refractivity contribution >= 4 is 35.2 Å². The van der Waals surface area contributed by atoms with Gasteiger partial charge in [-0.25, -0.2) is 4.98 Å². The number of thiazole rings is 1. The van der Waals surface area contributed by atoms with Gasteiger partial charge in [0.25, 0.3) is 0 Å². The number of hydrogen-bond acceptors (Lipinski definition) is 3. The Morgan fingerprint density at radius 3 is 2.78 bits per heavy atom. The predicted molar refractivity (Wildman–Crippen MR) is 80.6 cm³/mol. The fourth-order valence-electron chi connectivity index (χ4n) is 2.12. The van der Waals surface area contributed by atoms with Crippen LogP contribution in [0.25, 0.3) is 0 Å². The van der Waals surface area contributed by atoms with E-state index in [9.17, 15) is 0 Å². The highest BCUT2D eigenvalue weighted by Gasteiger charge is 2.17. The molecule has 0 amide bonds. The molecule has 0 saturated carbocycles. The molecule has 1 aromatic heterocycles. The van der Waals surface area contributed by atoms with Gasteiger partial charge in [-0.1, -0.05) is 32.0 Å². The highest BCUT2D eigenvalue weighted by Crippen LogP contribution is 2.35. The van der Waals surface area contributed by atoms with Crippen LogP contribution in [0.15, 0.2) is 24.3 Å². The van der Waals surface area contributed by atoms with E-state index in [0.717, 1.165) is 18.7 Å². The van der Waals surface area contributed by atoms with E-state index in [1.165, 1.54) is 21.1 Å². The average Bonchev–Trinajstić information content (AvgIpc) is 2.64. The summed E-state index contributed by atoms with van der Waals surface area (Å²) in [4.78, 5) is 6.11. The number of rotatable bonds is 1. The minimum Gasteiger partial charge on any atom is -0.339 e. The van der Waals surface area contributed by atoms with Crippen molar-refractivity contribution in [3.05, 3.63) is 39.7 Å². The zero-order valence-electron chi connectivity index (χ0n) is 10.6. The van der Waals surface area contributed by atoms with E-state index in [2.05, 4.69) is 43.4 Å². The molecule has 96 valence electrons. The lowest BCUT2D eigenvalue weighted by Gasteiger charge is -2.06. The number of aromatic nitrogens is 1. The third kappa shape index (κ3) is 2.38. The molecule has 0 fully saturated rings. The maximum absolute atomic E-state index is 4.72. The molecule has 0 bridgehead atoms. The van der Waals surface area contributed by atoms with Crippen molar-refractivity contribution in [1.29, 1.82) is 0 Å². The van der Waals surface area contributed by atoms with Gasteiger partial charge in [0.1, 0.15) is 5.82 Å². The molecular formula is C14H17ClN2S. The topological polar surface area (TPSA) is 24.9 Å². The zero-order valence-corrected chi connectivity index (χ0v) is 12.2. The highest BCUT2D eigenvalue weighted by molar-refractivity contribution is 7.12.